The van der Waals surface area contributed by atoms with Gasteiger partial charge in [0.1, 0.15) is 23.0 Å². The summed E-state index contributed by atoms with van der Waals surface area (Å²) in [4.78, 5) is 32.4. The van der Waals surface area contributed by atoms with Crippen molar-refractivity contribution in [1.82, 2.24) is 9.88 Å². The highest BCUT2D eigenvalue weighted by molar-refractivity contribution is 6.46. The molecule has 0 spiro atoms. The topological polar surface area (TPSA) is 98.2 Å². The number of ketones is 1. The molecule has 8 nitrogen and oxygen atoms in total. The van der Waals surface area contributed by atoms with Gasteiger partial charge in [0, 0.05) is 30.1 Å². The highest BCUT2D eigenvalue weighted by Gasteiger charge is 2.47. The van der Waals surface area contributed by atoms with Crippen molar-refractivity contribution >= 4 is 29.9 Å². The zero-order valence-corrected chi connectivity index (χ0v) is 22.7. The van der Waals surface area contributed by atoms with Gasteiger partial charge in [-0.25, -0.2) is 0 Å². The lowest BCUT2D eigenvalue weighted by atomic mass is 9.93. The number of rotatable bonds is 8. The summed E-state index contributed by atoms with van der Waals surface area (Å²) in [5.74, 6) is -0.153. The molecule has 1 unspecified atom stereocenters. The summed E-state index contributed by atoms with van der Waals surface area (Å²) in [5.41, 5.74) is 2.36. The molecule has 0 bridgehead atoms. The number of carbonyl (C=O) groups is 2. The number of Topliss-reactive ketones (excluding diaryl/α,β-unsaturated/α-hetero) is 1. The Bertz CT molecular complexity index is 1360. The van der Waals surface area contributed by atoms with Crippen LogP contribution in [0.25, 0.3) is 5.76 Å². The van der Waals surface area contributed by atoms with E-state index in [1.807, 2.05) is 26.8 Å². The van der Waals surface area contributed by atoms with Crippen molar-refractivity contribution in [2.24, 2.45) is 0 Å². The van der Waals surface area contributed by atoms with Gasteiger partial charge in [-0.2, -0.15) is 0 Å². The van der Waals surface area contributed by atoms with Crippen LogP contribution >= 0.6 is 12.4 Å². The molecule has 200 valence electrons. The van der Waals surface area contributed by atoms with Gasteiger partial charge in [-0.15, -0.1) is 12.4 Å². The smallest absolute Gasteiger partial charge is 0.295 e. The third-order valence-corrected chi connectivity index (χ3v) is 6.17. The van der Waals surface area contributed by atoms with Crippen molar-refractivity contribution in [2.75, 3.05) is 14.2 Å². The van der Waals surface area contributed by atoms with Crippen LogP contribution < -0.4 is 14.2 Å². The molecule has 38 heavy (non-hydrogen) atoms. The summed E-state index contributed by atoms with van der Waals surface area (Å²) < 4.78 is 16.8. The number of benzene rings is 2. The Morgan fingerprint density at radius 3 is 2.39 bits per heavy atom. The van der Waals surface area contributed by atoms with Gasteiger partial charge in [0.15, 0.2) is 0 Å². The third kappa shape index (κ3) is 5.60. The Balaban J connectivity index is 0.00000400. The molecule has 0 radical (unpaired) electrons. The van der Waals surface area contributed by atoms with Gasteiger partial charge in [-0.3, -0.25) is 14.6 Å². The molecule has 1 aromatic heterocycles. The minimum atomic E-state index is -0.920. The van der Waals surface area contributed by atoms with Crippen LogP contribution in [0.4, 0.5) is 0 Å². The maximum Gasteiger partial charge on any atom is 0.295 e. The molecule has 3 aromatic rings. The molecule has 1 amide bonds. The largest absolute Gasteiger partial charge is 0.507 e. The molecule has 1 aliphatic rings. The number of likely N-dealkylation sites (tertiary alicyclic amines) is 1. The summed E-state index contributed by atoms with van der Waals surface area (Å²) in [6, 6.07) is 13.0. The van der Waals surface area contributed by atoms with Crippen LogP contribution in [0.2, 0.25) is 0 Å². The summed E-state index contributed by atoms with van der Waals surface area (Å²) in [7, 11) is 3.04. The van der Waals surface area contributed by atoms with Crippen LogP contribution in [0.1, 0.15) is 42.1 Å². The van der Waals surface area contributed by atoms with Crippen LogP contribution in [0.3, 0.4) is 0 Å². The first kappa shape index (κ1) is 28.5. The maximum absolute atomic E-state index is 13.5. The number of aliphatic hydroxyl groups is 1. The number of halogens is 1. The first-order valence-electron chi connectivity index (χ1n) is 11.9. The highest BCUT2D eigenvalue weighted by atomic mass is 35.5. The quantitative estimate of drug-likeness (QED) is 0.238. The van der Waals surface area contributed by atoms with Crippen molar-refractivity contribution in [3.8, 4) is 17.2 Å². The number of carbonyl (C=O) groups excluding carboxylic acids is 2. The summed E-state index contributed by atoms with van der Waals surface area (Å²) >= 11 is 0. The second kappa shape index (κ2) is 12.0. The molecule has 2 aromatic carbocycles. The molecule has 2 heterocycles. The van der Waals surface area contributed by atoms with Crippen LogP contribution in [0.15, 0.2) is 66.5 Å². The monoisotopic (exact) mass is 538 g/mol. The van der Waals surface area contributed by atoms with Gasteiger partial charge in [-0.05, 0) is 74.4 Å². The second-order valence-corrected chi connectivity index (χ2v) is 9.04. The summed E-state index contributed by atoms with van der Waals surface area (Å²) in [6.45, 7) is 5.78. The van der Waals surface area contributed by atoms with Gasteiger partial charge >= 0.3 is 0 Å². The van der Waals surface area contributed by atoms with Crippen LogP contribution in [0, 0.1) is 6.92 Å². The number of aromatic nitrogens is 1. The number of hydrogen-bond acceptors (Lipinski definition) is 7. The van der Waals surface area contributed by atoms with Crippen molar-refractivity contribution in [2.45, 2.75) is 39.5 Å². The van der Waals surface area contributed by atoms with Crippen molar-refractivity contribution < 1.29 is 28.9 Å². The molecular weight excluding hydrogens is 508 g/mol. The van der Waals surface area contributed by atoms with Crippen molar-refractivity contribution in [3.63, 3.8) is 0 Å². The number of aliphatic hydroxyl groups excluding tert-OH is 1. The average Bonchev–Trinajstić information content (AvgIpc) is 3.13. The molecule has 1 saturated heterocycles. The molecular formula is C29H31ClN2O6. The Labute approximate surface area is 228 Å². The van der Waals surface area contributed by atoms with Gasteiger partial charge in [0.25, 0.3) is 11.7 Å². The van der Waals surface area contributed by atoms with Crippen molar-refractivity contribution in [1.29, 1.82) is 0 Å². The zero-order chi connectivity index (χ0) is 26.7. The van der Waals surface area contributed by atoms with E-state index in [2.05, 4.69) is 4.98 Å². The van der Waals surface area contributed by atoms with Crippen LogP contribution in [0.5, 0.6) is 17.2 Å². The Morgan fingerprint density at radius 2 is 1.79 bits per heavy atom. The van der Waals surface area contributed by atoms with Gasteiger partial charge in [-0.1, -0.05) is 6.07 Å². The molecule has 1 aliphatic heterocycles. The van der Waals surface area contributed by atoms with Gasteiger partial charge < -0.3 is 24.2 Å². The number of ether oxygens (including phenoxy) is 3. The highest BCUT2D eigenvalue weighted by Crippen LogP contribution is 2.45. The molecule has 4 rings (SSSR count). The van der Waals surface area contributed by atoms with E-state index in [0.717, 1.165) is 5.56 Å². The fourth-order valence-corrected chi connectivity index (χ4v) is 4.50. The molecule has 0 aliphatic carbocycles. The van der Waals surface area contributed by atoms with Crippen LogP contribution in [-0.4, -0.2) is 47.0 Å². The van der Waals surface area contributed by atoms with E-state index in [0.29, 0.717) is 33.9 Å². The normalized spacial score (nSPS) is 16.4. The molecule has 9 heteroatoms. The Morgan fingerprint density at radius 1 is 1.05 bits per heavy atom. The van der Waals surface area contributed by atoms with E-state index in [1.54, 1.807) is 54.9 Å². The molecule has 0 saturated carbocycles. The number of methoxy groups -OCH3 is 2. The van der Waals surface area contributed by atoms with Crippen LogP contribution in [-0.2, 0) is 16.1 Å². The van der Waals surface area contributed by atoms with E-state index in [1.165, 1.54) is 19.1 Å². The molecule has 1 atom stereocenters. The first-order valence-corrected chi connectivity index (χ1v) is 11.9. The lowest BCUT2D eigenvalue weighted by Crippen LogP contribution is -2.29. The predicted molar refractivity (Wildman–Crippen MR) is 146 cm³/mol. The first-order chi connectivity index (χ1) is 17.7. The minimum absolute atomic E-state index is 0. The van der Waals surface area contributed by atoms with E-state index in [4.69, 9.17) is 14.2 Å². The lowest BCUT2D eigenvalue weighted by molar-refractivity contribution is -0.140. The number of hydrogen-bond donors (Lipinski definition) is 1. The Kier molecular flexibility index (Phi) is 9.01. The second-order valence-electron chi connectivity index (χ2n) is 9.04. The van der Waals surface area contributed by atoms with Crippen molar-refractivity contribution in [3.05, 3.63) is 88.8 Å². The fraction of sp³-hybridized carbons (Fsp3) is 0.276. The predicted octanol–water partition coefficient (Wildman–Crippen LogP) is 5.24. The number of pyridine rings is 1. The standard InChI is InChI=1S/C29H30N2O6.ClH/c1-17(2)37-21-8-10-22(18(3)13-21)27(32)25-26(23-14-20(35-4)9-11-24(23)36-5)31(29(34)28(25)33)16-19-7-6-12-30-15-19;/h6-15,17,26,32H,16H2,1-5H3;1H/b27-25+;. The van der Waals surface area contributed by atoms with E-state index in [9.17, 15) is 14.7 Å². The lowest BCUT2D eigenvalue weighted by Gasteiger charge is -2.27. The number of amides is 1. The Hall–Kier alpha value is -4.04. The van der Waals surface area contributed by atoms with Gasteiger partial charge in [0.05, 0.1) is 31.9 Å². The number of aryl methyl sites for hydroxylation is 1. The summed E-state index contributed by atoms with van der Waals surface area (Å²) in [6.07, 6.45) is 3.25. The van der Waals surface area contributed by atoms with E-state index in [-0.39, 0.29) is 36.4 Å². The SMILES string of the molecule is COc1ccc(OC)c(C2/C(=C(\O)c3ccc(OC(C)C)cc3C)C(=O)C(=O)N2Cc2cccnc2)c1.Cl. The van der Waals surface area contributed by atoms with Gasteiger partial charge in [0.2, 0.25) is 0 Å². The minimum Gasteiger partial charge on any atom is -0.507 e. The maximum atomic E-state index is 13.5. The third-order valence-electron chi connectivity index (χ3n) is 6.17. The zero-order valence-electron chi connectivity index (χ0n) is 21.9. The van der Waals surface area contributed by atoms with E-state index >= 15 is 0 Å². The number of nitrogens with zero attached hydrogens (tertiary/aromatic N) is 2. The molecule has 1 N–H and O–H groups in total. The fourth-order valence-electron chi connectivity index (χ4n) is 4.50. The average molecular weight is 539 g/mol. The molecule has 1 fully saturated rings. The van der Waals surface area contributed by atoms with E-state index < -0.39 is 17.7 Å². The summed E-state index contributed by atoms with van der Waals surface area (Å²) in [5, 5.41) is 11.5.